The van der Waals surface area contributed by atoms with Gasteiger partial charge >= 0.3 is 0 Å². The van der Waals surface area contributed by atoms with E-state index in [1.54, 1.807) is 11.8 Å². The maximum atomic E-state index is 12.9. The molecule has 0 aliphatic rings. The van der Waals surface area contributed by atoms with Crippen LogP contribution in [0.15, 0.2) is 54.6 Å². The molecule has 0 aliphatic heterocycles. The minimum Gasteiger partial charge on any atom is -0.337 e. The van der Waals surface area contributed by atoms with Crippen LogP contribution in [0.5, 0.6) is 0 Å². The van der Waals surface area contributed by atoms with Crippen LogP contribution in [0.25, 0.3) is 0 Å². The van der Waals surface area contributed by atoms with Crippen molar-refractivity contribution < 1.29 is 4.79 Å². The van der Waals surface area contributed by atoms with E-state index in [4.69, 9.17) is 17.3 Å². The minimum atomic E-state index is -1.05. The first-order valence-corrected chi connectivity index (χ1v) is 7.71. The maximum absolute atomic E-state index is 12.9. The van der Waals surface area contributed by atoms with Crippen LogP contribution in [0.3, 0.4) is 0 Å². The van der Waals surface area contributed by atoms with Gasteiger partial charge in [-0.15, -0.1) is 0 Å². The molecule has 3 nitrogen and oxygen atoms in total. The zero-order valence-corrected chi connectivity index (χ0v) is 13.7. The molecule has 4 heteroatoms. The van der Waals surface area contributed by atoms with Crippen LogP contribution in [-0.4, -0.2) is 17.4 Å². The summed E-state index contributed by atoms with van der Waals surface area (Å²) in [5.74, 6) is -0.0961. The number of hydrogen-bond donors (Lipinski definition) is 1. The van der Waals surface area contributed by atoms with E-state index < -0.39 is 5.54 Å². The van der Waals surface area contributed by atoms with Crippen LogP contribution in [0.2, 0.25) is 5.02 Å². The molecular formula is C18H21ClN2O. The van der Waals surface area contributed by atoms with E-state index in [0.29, 0.717) is 18.1 Å². The summed E-state index contributed by atoms with van der Waals surface area (Å²) in [5, 5.41) is 0.666. The number of carbonyl (C=O) groups excluding carboxylic acids is 1. The fourth-order valence-corrected chi connectivity index (χ4v) is 2.63. The van der Waals surface area contributed by atoms with Crippen molar-refractivity contribution in [2.45, 2.75) is 25.9 Å². The van der Waals surface area contributed by atoms with Crippen molar-refractivity contribution in [2.24, 2.45) is 5.73 Å². The van der Waals surface area contributed by atoms with Gasteiger partial charge in [0, 0.05) is 18.1 Å². The first-order valence-electron chi connectivity index (χ1n) is 7.33. The second-order valence-corrected chi connectivity index (χ2v) is 5.95. The highest BCUT2D eigenvalue weighted by Crippen LogP contribution is 2.22. The van der Waals surface area contributed by atoms with E-state index in [0.717, 1.165) is 11.1 Å². The number of carbonyl (C=O) groups is 1. The van der Waals surface area contributed by atoms with Crippen molar-refractivity contribution >= 4 is 17.5 Å². The molecule has 0 bridgehead atoms. The molecule has 0 saturated heterocycles. The van der Waals surface area contributed by atoms with Gasteiger partial charge in [0.15, 0.2) is 0 Å². The third kappa shape index (κ3) is 3.67. The van der Waals surface area contributed by atoms with E-state index >= 15 is 0 Å². The Morgan fingerprint density at radius 2 is 1.86 bits per heavy atom. The Bertz CT molecular complexity index is 641. The molecule has 0 saturated carbocycles. The SMILES string of the molecule is CCN(Cc1cccc(Cl)c1)C(=O)C(C)(N)c1ccccc1. The van der Waals surface area contributed by atoms with Gasteiger partial charge in [-0.1, -0.05) is 54.1 Å². The Hall–Kier alpha value is -1.84. The quantitative estimate of drug-likeness (QED) is 0.916. The lowest BCUT2D eigenvalue weighted by atomic mass is 9.91. The third-order valence-electron chi connectivity index (χ3n) is 3.75. The lowest BCUT2D eigenvalue weighted by molar-refractivity contribution is -0.137. The van der Waals surface area contributed by atoms with Gasteiger partial charge in [0.1, 0.15) is 5.54 Å². The molecule has 0 spiro atoms. The number of amides is 1. The molecule has 0 fully saturated rings. The second-order valence-electron chi connectivity index (χ2n) is 5.52. The monoisotopic (exact) mass is 316 g/mol. The molecule has 22 heavy (non-hydrogen) atoms. The predicted octanol–water partition coefficient (Wildman–Crippen LogP) is 3.56. The van der Waals surface area contributed by atoms with Crippen LogP contribution in [-0.2, 0) is 16.9 Å². The fraction of sp³-hybridized carbons (Fsp3) is 0.278. The number of halogens is 1. The number of benzene rings is 2. The molecular weight excluding hydrogens is 296 g/mol. The molecule has 0 aromatic heterocycles. The van der Waals surface area contributed by atoms with Gasteiger partial charge in [0.25, 0.3) is 0 Å². The van der Waals surface area contributed by atoms with Crippen molar-refractivity contribution in [2.75, 3.05) is 6.54 Å². The first-order chi connectivity index (χ1) is 10.4. The molecule has 2 N–H and O–H groups in total. The summed E-state index contributed by atoms with van der Waals surface area (Å²) >= 11 is 6.01. The highest BCUT2D eigenvalue weighted by atomic mass is 35.5. The minimum absolute atomic E-state index is 0.0961. The zero-order chi connectivity index (χ0) is 16.2. The van der Waals surface area contributed by atoms with Crippen LogP contribution >= 0.6 is 11.6 Å². The summed E-state index contributed by atoms with van der Waals surface area (Å²) in [7, 11) is 0. The molecule has 1 amide bonds. The van der Waals surface area contributed by atoms with Gasteiger partial charge in [-0.25, -0.2) is 0 Å². The molecule has 0 heterocycles. The molecule has 1 atom stereocenters. The van der Waals surface area contributed by atoms with Crippen LogP contribution in [0, 0.1) is 0 Å². The number of likely N-dealkylation sites (N-methyl/N-ethyl adjacent to an activating group) is 1. The summed E-state index contributed by atoms with van der Waals surface area (Å²) in [4.78, 5) is 14.6. The average molecular weight is 317 g/mol. The van der Waals surface area contributed by atoms with Crippen molar-refractivity contribution in [1.29, 1.82) is 0 Å². The van der Waals surface area contributed by atoms with Crippen molar-refractivity contribution in [3.63, 3.8) is 0 Å². The van der Waals surface area contributed by atoms with Gasteiger partial charge in [0.05, 0.1) is 0 Å². The van der Waals surface area contributed by atoms with Crippen LogP contribution in [0.4, 0.5) is 0 Å². The Labute approximate surface area is 136 Å². The van der Waals surface area contributed by atoms with E-state index in [-0.39, 0.29) is 5.91 Å². The van der Waals surface area contributed by atoms with Crippen molar-refractivity contribution in [3.8, 4) is 0 Å². The largest absolute Gasteiger partial charge is 0.337 e. The molecule has 0 aliphatic carbocycles. The van der Waals surface area contributed by atoms with Gasteiger partial charge in [0.2, 0.25) is 5.91 Å². The van der Waals surface area contributed by atoms with E-state index in [1.807, 2.05) is 61.5 Å². The molecule has 116 valence electrons. The Morgan fingerprint density at radius 1 is 1.18 bits per heavy atom. The summed E-state index contributed by atoms with van der Waals surface area (Å²) < 4.78 is 0. The van der Waals surface area contributed by atoms with E-state index in [9.17, 15) is 4.79 Å². The Kier molecular flexibility index (Phi) is 5.22. The summed E-state index contributed by atoms with van der Waals surface area (Å²) in [6.45, 7) is 4.79. The smallest absolute Gasteiger partial charge is 0.247 e. The van der Waals surface area contributed by atoms with Gasteiger partial charge in [-0.2, -0.15) is 0 Å². The van der Waals surface area contributed by atoms with E-state index in [2.05, 4.69) is 0 Å². The second kappa shape index (κ2) is 6.95. The van der Waals surface area contributed by atoms with Crippen LogP contribution < -0.4 is 5.73 Å². The van der Waals surface area contributed by atoms with Crippen molar-refractivity contribution in [3.05, 3.63) is 70.7 Å². The summed E-state index contributed by atoms with van der Waals surface area (Å²) in [6, 6.07) is 17.0. The lowest BCUT2D eigenvalue weighted by Gasteiger charge is -2.31. The van der Waals surface area contributed by atoms with E-state index in [1.165, 1.54) is 0 Å². The molecule has 2 aromatic carbocycles. The molecule has 1 unspecified atom stereocenters. The van der Waals surface area contributed by atoms with Gasteiger partial charge in [-0.05, 0) is 37.1 Å². The average Bonchev–Trinajstić information content (AvgIpc) is 2.53. The standard InChI is InChI=1S/C18H21ClN2O/c1-3-21(13-14-8-7-11-16(19)12-14)17(22)18(2,20)15-9-5-4-6-10-15/h4-12H,3,13,20H2,1-2H3. The molecule has 2 aromatic rings. The highest BCUT2D eigenvalue weighted by Gasteiger charge is 2.33. The third-order valence-corrected chi connectivity index (χ3v) is 3.98. The fourth-order valence-electron chi connectivity index (χ4n) is 2.42. The van der Waals surface area contributed by atoms with Crippen LogP contribution in [0.1, 0.15) is 25.0 Å². The normalized spacial score (nSPS) is 13.5. The molecule has 2 rings (SSSR count). The van der Waals surface area contributed by atoms with Gasteiger partial charge in [-0.3, -0.25) is 4.79 Å². The lowest BCUT2D eigenvalue weighted by Crippen LogP contribution is -2.50. The first kappa shape index (κ1) is 16.5. The number of hydrogen-bond acceptors (Lipinski definition) is 2. The number of nitrogens with zero attached hydrogens (tertiary/aromatic N) is 1. The number of rotatable bonds is 5. The van der Waals surface area contributed by atoms with Crippen molar-refractivity contribution in [1.82, 2.24) is 4.90 Å². The summed E-state index contributed by atoms with van der Waals surface area (Å²) in [5.41, 5.74) is 7.08. The molecule has 0 radical (unpaired) electrons. The Morgan fingerprint density at radius 3 is 2.45 bits per heavy atom. The highest BCUT2D eigenvalue weighted by molar-refractivity contribution is 6.30. The number of nitrogens with two attached hydrogens (primary N) is 1. The van der Waals surface area contributed by atoms with Gasteiger partial charge < -0.3 is 10.6 Å². The Balaban J connectivity index is 2.21. The topological polar surface area (TPSA) is 46.3 Å². The summed E-state index contributed by atoms with van der Waals surface area (Å²) in [6.07, 6.45) is 0. The maximum Gasteiger partial charge on any atom is 0.247 e. The predicted molar refractivity (Wildman–Crippen MR) is 90.5 cm³/mol. The zero-order valence-electron chi connectivity index (χ0n) is 12.9.